The number of nitro benzene ring substituents is 1. The lowest BCUT2D eigenvalue weighted by atomic mass is 10.1. The van der Waals surface area contributed by atoms with E-state index in [1.54, 1.807) is 30.3 Å². The van der Waals surface area contributed by atoms with E-state index in [4.69, 9.17) is 0 Å². The van der Waals surface area contributed by atoms with Gasteiger partial charge in [-0.3, -0.25) is 14.9 Å². The lowest BCUT2D eigenvalue weighted by molar-refractivity contribution is -0.385. The maximum Gasteiger partial charge on any atom is 0.273 e. The molecule has 2 rings (SSSR count). The maximum atomic E-state index is 13.8. The molecule has 2 aromatic rings. The Hall–Kier alpha value is -2.80. The molecule has 0 saturated heterocycles. The van der Waals surface area contributed by atoms with Crippen LogP contribution in [0.15, 0.2) is 42.5 Å². The van der Waals surface area contributed by atoms with Crippen LogP contribution in [0.1, 0.15) is 16.7 Å². The fraction of sp³-hybridized carbons (Fsp3) is 0.278. The van der Waals surface area contributed by atoms with Crippen molar-refractivity contribution in [2.75, 3.05) is 14.1 Å². The smallest absolute Gasteiger partial charge is 0.273 e. The van der Waals surface area contributed by atoms with Crippen molar-refractivity contribution in [3.63, 3.8) is 0 Å². The molecule has 2 aromatic carbocycles. The molecule has 6 nitrogen and oxygen atoms in total. The number of benzene rings is 2. The van der Waals surface area contributed by atoms with Crippen LogP contribution in [0.2, 0.25) is 0 Å². The molecular weight excluding hydrogens is 325 g/mol. The third-order valence-electron chi connectivity index (χ3n) is 3.63. The Labute approximate surface area is 145 Å². The molecule has 0 aliphatic heterocycles. The molecule has 0 aliphatic rings. The molecule has 0 fully saturated rings. The molecule has 1 N–H and O–H groups in total. The van der Waals surface area contributed by atoms with Crippen molar-refractivity contribution in [2.24, 2.45) is 0 Å². The Morgan fingerprint density at radius 1 is 1.20 bits per heavy atom. The van der Waals surface area contributed by atoms with Crippen LogP contribution in [0.5, 0.6) is 0 Å². The Morgan fingerprint density at radius 3 is 2.60 bits per heavy atom. The highest BCUT2D eigenvalue weighted by Crippen LogP contribution is 2.18. The zero-order chi connectivity index (χ0) is 18.4. The number of carbonyl (C=O) groups excluding carboxylic acids is 1. The fourth-order valence-electron chi connectivity index (χ4n) is 2.47. The Bertz CT molecular complexity index is 778. The minimum Gasteiger partial charge on any atom is -0.352 e. The summed E-state index contributed by atoms with van der Waals surface area (Å²) in [6.45, 7) is 0.698. The number of hydrogen-bond acceptors (Lipinski definition) is 4. The van der Waals surface area contributed by atoms with Gasteiger partial charge in [0.1, 0.15) is 5.82 Å². The minimum atomic E-state index is -0.504. The first-order valence-electron chi connectivity index (χ1n) is 7.78. The minimum absolute atomic E-state index is 0.0762. The van der Waals surface area contributed by atoms with Crippen LogP contribution in [-0.2, 0) is 24.3 Å². The van der Waals surface area contributed by atoms with Crippen LogP contribution in [0.25, 0.3) is 0 Å². The summed E-state index contributed by atoms with van der Waals surface area (Å²) in [6, 6.07) is 10.8. The van der Waals surface area contributed by atoms with Crippen molar-refractivity contribution in [3.05, 3.63) is 75.1 Å². The third kappa shape index (κ3) is 5.36. The molecule has 0 bridgehead atoms. The van der Waals surface area contributed by atoms with Crippen LogP contribution in [-0.4, -0.2) is 29.8 Å². The van der Waals surface area contributed by atoms with E-state index in [1.807, 2.05) is 19.0 Å². The largest absolute Gasteiger partial charge is 0.352 e. The standard InChI is InChI=1S/C18H20FN3O3/c1-21(2)12-15-9-13(7-8-16(15)19)11-20-18(23)10-14-5-3-4-6-17(14)22(24)25/h3-9H,10-12H2,1-2H3,(H,20,23). The van der Waals surface area contributed by atoms with Crippen molar-refractivity contribution in [3.8, 4) is 0 Å². The van der Waals surface area contributed by atoms with Crippen molar-refractivity contribution >= 4 is 11.6 Å². The van der Waals surface area contributed by atoms with Crippen LogP contribution in [0.4, 0.5) is 10.1 Å². The molecule has 0 unspecified atom stereocenters. The second-order valence-corrected chi connectivity index (χ2v) is 6.00. The van der Waals surface area contributed by atoms with Crippen molar-refractivity contribution in [2.45, 2.75) is 19.5 Å². The fourth-order valence-corrected chi connectivity index (χ4v) is 2.47. The maximum absolute atomic E-state index is 13.8. The Kier molecular flexibility index (Phi) is 6.19. The molecule has 0 radical (unpaired) electrons. The van der Waals surface area contributed by atoms with Gasteiger partial charge in [0.2, 0.25) is 5.91 Å². The summed E-state index contributed by atoms with van der Waals surface area (Å²) in [5.74, 6) is -0.614. The summed E-state index contributed by atoms with van der Waals surface area (Å²) in [5, 5.41) is 13.7. The van der Waals surface area contributed by atoms with Gasteiger partial charge in [0.05, 0.1) is 11.3 Å². The molecule has 0 saturated carbocycles. The van der Waals surface area contributed by atoms with Crippen LogP contribution < -0.4 is 5.32 Å². The molecule has 25 heavy (non-hydrogen) atoms. The van der Waals surface area contributed by atoms with Gasteiger partial charge in [-0.15, -0.1) is 0 Å². The van der Waals surface area contributed by atoms with Crippen LogP contribution in [0.3, 0.4) is 0 Å². The Morgan fingerprint density at radius 2 is 1.92 bits per heavy atom. The summed E-state index contributed by atoms with van der Waals surface area (Å²) in [5.41, 5.74) is 1.61. The lowest BCUT2D eigenvalue weighted by Gasteiger charge is -2.12. The van der Waals surface area contributed by atoms with E-state index >= 15 is 0 Å². The zero-order valence-corrected chi connectivity index (χ0v) is 14.2. The van der Waals surface area contributed by atoms with Crippen molar-refractivity contribution in [1.29, 1.82) is 0 Å². The topological polar surface area (TPSA) is 75.5 Å². The number of nitrogens with one attached hydrogen (secondary N) is 1. The first-order chi connectivity index (χ1) is 11.9. The van der Waals surface area contributed by atoms with Crippen molar-refractivity contribution < 1.29 is 14.1 Å². The Balaban J connectivity index is 2.00. The number of nitro groups is 1. The van der Waals surface area contributed by atoms with Crippen LogP contribution in [0, 0.1) is 15.9 Å². The van der Waals surface area contributed by atoms with Gasteiger partial charge in [-0.05, 0) is 31.8 Å². The number of halogens is 1. The van der Waals surface area contributed by atoms with E-state index in [2.05, 4.69) is 5.32 Å². The van der Waals surface area contributed by atoms with Gasteiger partial charge in [-0.25, -0.2) is 4.39 Å². The highest BCUT2D eigenvalue weighted by atomic mass is 19.1. The second-order valence-electron chi connectivity index (χ2n) is 6.00. The predicted octanol–water partition coefficient (Wildman–Crippen LogP) is 2.65. The number of hydrogen-bond donors (Lipinski definition) is 1. The number of nitrogens with zero attached hydrogens (tertiary/aromatic N) is 2. The van der Waals surface area contributed by atoms with E-state index in [0.717, 1.165) is 5.56 Å². The van der Waals surface area contributed by atoms with E-state index in [0.29, 0.717) is 17.7 Å². The van der Waals surface area contributed by atoms with Gasteiger partial charge in [-0.1, -0.05) is 24.3 Å². The average molecular weight is 345 g/mol. The molecule has 0 heterocycles. The summed E-state index contributed by atoms with van der Waals surface area (Å²) in [7, 11) is 3.70. The lowest BCUT2D eigenvalue weighted by Crippen LogP contribution is -2.25. The monoisotopic (exact) mass is 345 g/mol. The zero-order valence-electron chi connectivity index (χ0n) is 14.2. The molecule has 0 aromatic heterocycles. The van der Waals surface area contributed by atoms with Gasteiger partial charge >= 0.3 is 0 Å². The number of carbonyl (C=O) groups is 1. The first kappa shape index (κ1) is 18.5. The van der Waals surface area contributed by atoms with Crippen LogP contribution >= 0.6 is 0 Å². The molecule has 0 spiro atoms. The molecule has 7 heteroatoms. The summed E-state index contributed by atoms with van der Waals surface area (Å²) >= 11 is 0. The third-order valence-corrected chi connectivity index (χ3v) is 3.63. The molecule has 1 amide bonds. The molecule has 132 valence electrons. The normalized spacial score (nSPS) is 10.7. The van der Waals surface area contributed by atoms with Gasteiger partial charge in [0, 0.05) is 30.3 Å². The second kappa shape index (κ2) is 8.34. The van der Waals surface area contributed by atoms with Gasteiger partial charge in [0.15, 0.2) is 0 Å². The highest BCUT2D eigenvalue weighted by molar-refractivity contribution is 5.79. The average Bonchev–Trinajstić information content (AvgIpc) is 2.55. The molecular formula is C18H20FN3O3. The first-order valence-corrected chi connectivity index (χ1v) is 7.78. The molecule has 0 aliphatic carbocycles. The highest BCUT2D eigenvalue weighted by Gasteiger charge is 2.15. The summed E-state index contributed by atoms with van der Waals surface area (Å²) in [6.07, 6.45) is -0.0805. The van der Waals surface area contributed by atoms with E-state index < -0.39 is 4.92 Å². The van der Waals surface area contributed by atoms with E-state index in [1.165, 1.54) is 12.1 Å². The summed E-state index contributed by atoms with van der Waals surface area (Å²) in [4.78, 5) is 24.4. The summed E-state index contributed by atoms with van der Waals surface area (Å²) < 4.78 is 13.8. The predicted molar refractivity (Wildman–Crippen MR) is 92.4 cm³/mol. The van der Waals surface area contributed by atoms with Gasteiger partial charge < -0.3 is 10.2 Å². The van der Waals surface area contributed by atoms with Gasteiger partial charge in [-0.2, -0.15) is 0 Å². The number of rotatable bonds is 7. The molecule has 0 atom stereocenters. The van der Waals surface area contributed by atoms with E-state index in [-0.39, 0.29) is 30.4 Å². The SMILES string of the molecule is CN(C)Cc1cc(CNC(=O)Cc2ccccc2[N+](=O)[O-])ccc1F. The number of para-hydroxylation sites is 1. The van der Waals surface area contributed by atoms with Gasteiger partial charge in [0.25, 0.3) is 5.69 Å². The number of amides is 1. The van der Waals surface area contributed by atoms with Crippen molar-refractivity contribution in [1.82, 2.24) is 10.2 Å². The van der Waals surface area contributed by atoms with E-state index in [9.17, 15) is 19.3 Å². The quantitative estimate of drug-likeness (QED) is 0.618.